The predicted molar refractivity (Wildman–Crippen MR) is 67.2 cm³/mol. The van der Waals surface area contributed by atoms with Gasteiger partial charge in [-0.1, -0.05) is 36.4 Å². The Morgan fingerprint density at radius 1 is 1.17 bits per heavy atom. The van der Waals surface area contributed by atoms with Crippen molar-refractivity contribution in [2.24, 2.45) is 0 Å². The van der Waals surface area contributed by atoms with Gasteiger partial charge in [0, 0.05) is 12.5 Å². The molecule has 0 N–H and O–H groups in total. The fraction of sp³-hybridized carbons (Fsp3) is 0.214. The third-order valence-corrected chi connectivity index (χ3v) is 2.48. The van der Waals surface area contributed by atoms with Gasteiger partial charge in [-0.3, -0.25) is 4.79 Å². The van der Waals surface area contributed by atoms with E-state index >= 15 is 0 Å². The molecular formula is C14H15NaO3. The van der Waals surface area contributed by atoms with E-state index in [2.05, 4.69) is 0 Å². The van der Waals surface area contributed by atoms with E-state index in [1.165, 1.54) is 0 Å². The summed E-state index contributed by atoms with van der Waals surface area (Å²) in [4.78, 5) is 11.5. The smallest absolute Gasteiger partial charge is 1.00 e. The molecule has 0 aromatic heterocycles. The first-order valence-electron chi connectivity index (χ1n) is 5.48. The van der Waals surface area contributed by atoms with Crippen molar-refractivity contribution in [3.05, 3.63) is 42.5 Å². The fourth-order valence-electron chi connectivity index (χ4n) is 1.64. The van der Waals surface area contributed by atoms with E-state index in [4.69, 9.17) is 9.47 Å². The van der Waals surface area contributed by atoms with Gasteiger partial charge in [0.25, 0.3) is 0 Å². The number of fused-ring (bicyclic) bond motifs is 1. The van der Waals surface area contributed by atoms with Gasteiger partial charge in [-0.15, -0.1) is 0 Å². The van der Waals surface area contributed by atoms with E-state index < -0.39 is 0 Å². The Labute approximate surface area is 130 Å². The van der Waals surface area contributed by atoms with Crippen molar-refractivity contribution in [2.45, 2.75) is 6.42 Å². The van der Waals surface area contributed by atoms with Crippen molar-refractivity contribution in [2.75, 3.05) is 13.7 Å². The Morgan fingerprint density at radius 2 is 1.89 bits per heavy atom. The summed E-state index contributed by atoms with van der Waals surface area (Å²) >= 11 is 0. The normalized spacial score (nSPS) is 9.83. The SMILES string of the molecule is COCCC(=O)Oc1cccc2ccccc12.[H-].[Na+]. The molecule has 2 rings (SSSR count). The third-order valence-electron chi connectivity index (χ3n) is 2.48. The van der Waals surface area contributed by atoms with E-state index in [-0.39, 0.29) is 43.4 Å². The molecule has 3 nitrogen and oxygen atoms in total. The molecule has 0 spiro atoms. The van der Waals surface area contributed by atoms with E-state index in [9.17, 15) is 4.79 Å². The van der Waals surface area contributed by atoms with E-state index in [0.29, 0.717) is 12.4 Å². The second-order valence-electron chi connectivity index (χ2n) is 3.69. The van der Waals surface area contributed by atoms with E-state index in [0.717, 1.165) is 10.8 Å². The van der Waals surface area contributed by atoms with Crippen LogP contribution in [0, 0.1) is 0 Å². The first-order chi connectivity index (χ1) is 8.31. The van der Waals surface area contributed by atoms with Crippen LogP contribution in [-0.2, 0) is 9.53 Å². The van der Waals surface area contributed by atoms with Gasteiger partial charge in [0.15, 0.2) is 0 Å². The van der Waals surface area contributed by atoms with Crippen molar-refractivity contribution in [1.29, 1.82) is 0 Å². The molecule has 0 radical (unpaired) electrons. The Morgan fingerprint density at radius 3 is 2.67 bits per heavy atom. The molecule has 90 valence electrons. The summed E-state index contributed by atoms with van der Waals surface area (Å²) in [6.07, 6.45) is 0.264. The van der Waals surface area contributed by atoms with Crippen LogP contribution in [-0.4, -0.2) is 19.7 Å². The fourth-order valence-corrected chi connectivity index (χ4v) is 1.64. The van der Waals surface area contributed by atoms with Crippen molar-refractivity contribution < 1.29 is 45.3 Å². The first-order valence-corrected chi connectivity index (χ1v) is 5.48. The van der Waals surface area contributed by atoms with Crippen molar-refractivity contribution in [1.82, 2.24) is 0 Å². The molecule has 0 heterocycles. The average molecular weight is 254 g/mol. The van der Waals surface area contributed by atoms with Crippen LogP contribution in [0.4, 0.5) is 0 Å². The minimum atomic E-state index is -0.275. The molecular weight excluding hydrogens is 239 g/mol. The number of hydrogen-bond donors (Lipinski definition) is 0. The molecule has 0 bridgehead atoms. The predicted octanol–water partition coefficient (Wildman–Crippen LogP) is -0.102. The molecule has 0 fully saturated rings. The zero-order chi connectivity index (χ0) is 12.1. The number of rotatable bonds is 4. The molecule has 0 amide bonds. The third kappa shape index (κ3) is 3.82. The zero-order valence-electron chi connectivity index (χ0n) is 11.7. The summed E-state index contributed by atoms with van der Waals surface area (Å²) in [5.41, 5.74) is 0. The summed E-state index contributed by atoms with van der Waals surface area (Å²) in [5, 5.41) is 2.00. The van der Waals surface area contributed by atoms with Gasteiger partial charge in [0.05, 0.1) is 13.0 Å². The quantitative estimate of drug-likeness (QED) is 0.434. The zero-order valence-corrected chi connectivity index (χ0v) is 12.7. The van der Waals surface area contributed by atoms with Crippen LogP contribution in [0.15, 0.2) is 42.5 Å². The van der Waals surface area contributed by atoms with Crippen molar-refractivity contribution >= 4 is 16.7 Å². The minimum absolute atomic E-state index is 0. The molecule has 0 aliphatic heterocycles. The standard InChI is InChI=1S/C14H14O3.Na.H/c1-16-10-9-14(15)17-13-8-4-6-11-5-2-3-7-12(11)13;;/h2-8H,9-10H2,1H3;;/q;+1;-1. The molecule has 0 saturated carbocycles. The Kier molecular flexibility index (Phi) is 6.36. The van der Waals surface area contributed by atoms with Crippen LogP contribution >= 0.6 is 0 Å². The van der Waals surface area contributed by atoms with Gasteiger partial charge in [-0.05, 0) is 11.5 Å². The number of carbonyl (C=O) groups excluding carboxylic acids is 1. The van der Waals surface area contributed by atoms with Gasteiger partial charge < -0.3 is 10.9 Å². The molecule has 0 atom stereocenters. The van der Waals surface area contributed by atoms with E-state index in [1.807, 2.05) is 36.4 Å². The molecule has 0 aliphatic rings. The summed E-state index contributed by atoms with van der Waals surface area (Å²) in [6.45, 7) is 0.379. The van der Waals surface area contributed by atoms with Crippen LogP contribution in [0.2, 0.25) is 0 Å². The first kappa shape index (κ1) is 15.2. The molecule has 18 heavy (non-hydrogen) atoms. The van der Waals surface area contributed by atoms with Crippen LogP contribution in [0.5, 0.6) is 5.75 Å². The second-order valence-corrected chi connectivity index (χ2v) is 3.69. The summed E-state index contributed by atoms with van der Waals surface area (Å²) in [5.74, 6) is 0.326. The van der Waals surface area contributed by atoms with Crippen LogP contribution in [0.25, 0.3) is 10.8 Å². The monoisotopic (exact) mass is 254 g/mol. The van der Waals surface area contributed by atoms with Crippen LogP contribution in [0.1, 0.15) is 7.85 Å². The van der Waals surface area contributed by atoms with Gasteiger partial charge in [-0.25, -0.2) is 0 Å². The van der Waals surface area contributed by atoms with Crippen LogP contribution in [0.3, 0.4) is 0 Å². The average Bonchev–Trinajstić information content (AvgIpc) is 2.37. The maximum atomic E-state index is 11.5. The summed E-state index contributed by atoms with van der Waals surface area (Å²) in [6, 6.07) is 13.5. The molecule has 2 aromatic carbocycles. The molecule has 0 aliphatic carbocycles. The molecule has 4 heteroatoms. The maximum absolute atomic E-state index is 11.5. The Balaban J connectivity index is 0.00000162. The molecule has 0 unspecified atom stereocenters. The Hall–Kier alpha value is -0.870. The summed E-state index contributed by atoms with van der Waals surface area (Å²) < 4.78 is 10.1. The summed E-state index contributed by atoms with van der Waals surface area (Å²) in [7, 11) is 1.56. The number of carbonyl (C=O) groups is 1. The van der Waals surface area contributed by atoms with Crippen LogP contribution < -0.4 is 34.3 Å². The molecule has 2 aromatic rings. The van der Waals surface area contributed by atoms with Crippen molar-refractivity contribution in [3.63, 3.8) is 0 Å². The largest absolute Gasteiger partial charge is 1.00 e. The number of esters is 1. The van der Waals surface area contributed by atoms with Crippen molar-refractivity contribution in [3.8, 4) is 5.75 Å². The van der Waals surface area contributed by atoms with Gasteiger partial charge in [0.1, 0.15) is 5.75 Å². The van der Waals surface area contributed by atoms with Gasteiger partial charge in [-0.2, -0.15) is 0 Å². The van der Waals surface area contributed by atoms with Gasteiger partial charge in [0.2, 0.25) is 0 Å². The second kappa shape index (κ2) is 7.54. The Bertz CT molecular complexity index is 526. The number of ether oxygens (including phenoxy) is 2. The number of benzene rings is 2. The minimum Gasteiger partial charge on any atom is -1.00 e. The maximum Gasteiger partial charge on any atom is 1.00 e. The number of methoxy groups -OCH3 is 1. The molecule has 0 saturated heterocycles. The van der Waals surface area contributed by atoms with E-state index in [1.54, 1.807) is 13.2 Å². The topological polar surface area (TPSA) is 35.5 Å². The van der Waals surface area contributed by atoms with Gasteiger partial charge >= 0.3 is 35.5 Å². The number of hydrogen-bond acceptors (Lipinski definition) is 3.